The Balaban J connectivity index is 3.68. The maximum Gasteiger partial charge on any atom is 0.308 e. The first-order valence-corrected chi connectivity index (χ1v) is 19.6. The fourth-order valence-electron chi connectivity index (χ4n) is 6.09. The van der Waals surface area contributed by atoms with Crippen LogP contribution in [0.2, 0.25) is 0 Å². The topological polar surface area (TPSA) is 76.1 Å². The van der Waals surface area contributed by atoms with Crippen LogP contribution in [0.25, 0.3) is 0 Å². The van der Waals surface area contributed by atoms with Crippen LogP contribution in [-0.2, 0) is 19.1 Å². The highest BCUT2D eigenvalue weighted by molar-refractivity contribution is 5.71. The lowest BCUT2D eigenvalue weighted by Gasteiger charge is -2.21. The highest BCUT2D eigenvalue weighted by atomic mass is 16.5. The molecule has 0 aromatic carbocycles. The molecule has 0 spiro atoms. The molecule has 0 aromatic rings. The Morgan fingerprint density at radius 2 is 1.07 bits per heavy atom. The van der Waals surface area contributed by atoms with Crippen molar-refractivity contribution in [3.8, 4) is 0 Å². The highest BCUT2D eigenvalue weighted by Crippen LogP contribution is 2.18. The molecule has 0 amide bonds. The Morgan fingerprint density at radius 3 is 1.64 bits per heavy atom. The smallest absolute Gasteiger partial charge is 0.308 e. The van der Waals surface area contributed by atoms with Crippen LogP contribution in [0.1, 0.15) is 188 Å². The Bertz CT molecular complexity index is 639. The number of hydrogen-bond donors (Lipinski definition) is 1. The number of rotatable bonds is 35. The van der Waals surface area contributed by atoms with E-state index in [1.807, 2.05) is 6.92 Å². The normalized spacial score (nSPS) is 12.2. The molecule has 0 saturated carbocycles. The molecule has 1 atom stereocenters. The van der Waals surface area contributed by atoms with Gasteiger partial charge >= 0.3 is 11.9 Å². The van der Waals surface area contributed by atoms with Gasteiger partial charge in [-0.15, -0.1) is 0 Å². The van der Waals surface area contributed by atoms with Gasteiger partial charge in [0.1, 0.15) is 0 Å². The number of aliphatic hydroxyl groups is 1. The summed E-state index contributed by atoms with van der Waals surface area (Å²) in [6.45, 7) is 13.0. The molecule has 268 valence electrons. The van der Waals surface area contributed by atoms with Crippen molar-refractivity contribution >= 4 is 11.9 Å². The third-order valence-corrected chi connectivity index (χ3v) is 9.45. The first kappa shape index (κ1) is 43.9. The van der Waals surface area contributed by atoms with E-state index in [2.05, 4.69) is 25.7 Å². The Hall–Kier alpha value is -1.14. The van der Waals surface area contributed by atoms with Crippen molar-refractivity contribution in [2.45, 2.75) is 188 Å². The predicted molar refractivity (Wildman–Crippen MR) is 191 cm³/mol. The summed E-state index contributed by atoms with van der Waals surface area (Å²) in [6.07, 6.45) is 28.7. The maximum absolute atomic E-state index is 12.3. The lowest BCUT2D eigenvalue weighted by molar-refractivity contribution is -0.148. The van der Waals surface area contributed by atoms with Gasteiger partial charge in [-0.1, -0.05) is 143 Å². The summed E-state index contributed by atoms with van der Waals surface area (Å²) in [6, 6.07) is 0. The minimum atomic E-state index is -0.0339. The molecular weight excluding hydrogens is 562 g/mol. The molecule has 0 rings (SSSR count). The molecule has 1 N–H and O–H groups in total. The second-order valence-corrected chi connectivity index (χ2v) is 13.6. The summed E-state index contributed by atoms with van der Waals surface area (Å²) < 4.78 is 10.9. The average Bonchev–Trinajstić information content (AvgIpc) is 3.04. The number of carbonyl (C=O) groups excluding carboxylic acids is 2. The second-order valence-electron chi connectivity index (χ2n) is 13.6. The zero-order valence-electron chi connectivity index (χ0n) is 30.6. The fourth-order valence-corrected chi connectivity index (χ4v) is 6.09. The van der Waals surface area contributed by atoms with Gasteiger partial charge in [-0.25, -0.2) is 0 Å². The molecule has 6 heteroatoms. The SMILES string of the molecule is CCCCCCCCCOC(=O)CCCCCCCN(CCO)CCCCCCC(C)C(=O)OCCCCCCC(CC)CC. The van der Waals surface area contributed by atoms with E-state index >= 15 is 0 Å². The van der Waals surface area contributed by atoms with Gasteiger partial charge < -0.3 is 19.5 Å². The molecule has 6 nitrogen and oxygen atoms in total. The average molecular weight is 640 g/mol. The van der Waals surface area contributed by atoms with E-state index in [0.717, 1.165) is 103 Å². The summed E-state index contributed by atoms with van der Waals surface area (Å²) in [7, 11) is 0. The van der Waals surface area contributed by atoms with Crippen LogP contribution in [0.4, 0.5) is 0 Å². The van der Waals surface area contributed by atoms with Gasteiger partial charge in [0.15, 0.2) is 0 Å². The van der Waals surface area contributed by atoms with E-state index in [0.29, 0.717) is 19.6 Å². The standard InChI is InChI=1S/C39H77NO5/c1-5-8-9-10-11-18-25-34-44-38(42)29-22-13-12-16-23-30-40(32-33-41)31-24-17-14-20-27-36(4)39(43)45-35-26-19-15-21-28-37(6-2)7-3/h36-37,41H,5-35H2,1-4H3. The van der Waals surface area contributed by atoms with E-state index in [9.17, 15) is 14.7 Å². The van der Waals surface area contributed by atoms with Gasteiger partial charge in [0.2, 0.25) is 0 Å². The Kier molecular flexibility index (Phi) is 33.3. The molecule has 0 aromatic heterocycles. The van der Waals surface area contributed by atoms with E-state index in [1.165, 1.54) is 77.0 Å². The van der Waals surface area contributed by atoms with Crippen molar-refractivity contribution < 1.29 is 24.2 Å². The molecule has 0 radical (unpaired) electrons. The molecule has 0 bridgehead atoms. The monoisotopic (exact) mass is 640 g/mol. The highest BCUT2D eigenvalue weighted by Gasteiger charge is 2.14. The second kappa shape index (κ2) is 34.2. The third-order valence-electron chi connectivity index (χ3n) is 9.45. The minimum absolute atomic E-state index is 0.00805. The number of esters is 2. The third kappa shape index (κ3) is 30.0. The molecular formula is C39H77NO5. The van der Waals surface area contributed by atoms with Gasteiger partial charge in [0.05, 0.1) is 25.7 Å². The molecule has 0 aliphatic rings. The van der Waals surface area contributed by atoms with Crippen molar-refractivity contribution in [1.29, 1.82) is 0 Å². The lowest BCUT2D eigenvalue weighted by atomic mass is 9.96. The Morgan fingerprint density at radius 1 is 0.578 bits per heavy atom. The molecule has 1 unspecified atom stereocenters. The number of carbonyl (C=O) groups is 2. The number of unbranched alkanes of at least 4 members (excludes halogenated alkanes) is 16. The van der Waals surface area contributed by atoms with Crippen molar-refractivity contribution in [2.24, 2.45) is 11.8 Å². The van der Waals surface area contributed by atoms with Crippen molar-refractivity contribution in [3.63, 3.8) is 0 Å². The van der Waals surface area contributed by atoms with Crippen LogP contribution in [-0.4, -0.2) is 61.4 Å². The first-order valence-electron chi connectivity index (χ1n) is 19.6. The molecule has 45 heavy (non-hydrogen) atoms. The predicted octanol–water partition coefficient (Wildman–Crippen LogP) is 10.4. The molecule has 0 aliphatic heterocycles. The molecule has 0 aliphatic carbocycles. The number of ether oxygens (including phenoxy) is 2. The van der Waals surface area contributed by atoms with E-state index < -0.39 is 0 Å². The van der Waals surface area contributed by atoms with Crippen molar-refractivity contribution in [2.75, 3.05) is 39.5 Å². The van der Waals surface area contributed by atoms with Crippen LogP contribution >= 0.6 is 0 Å². The van der Waals surface area contributed by atoms with E-state index in [4.69, 9.17) is 9.47 Å². The van der Waals surface area contributed by atoms with Crippen molar-refractivity contribution in [3.05, 3.63) is 0 Å². The Labute approximate surface area is 280 Å². The zero-order valence-corrected chi connectivity index (χ0v) is 30.6. The van der Waals surface area contributed by atoms with Gasteiger partial charge in [-0.2, -0.15) is 0 Å². The van der Waals surface area contributed by atoms with E-state index in [1.54, 1.807) is 0 Å². The number of aliphatic hydroxyl groups excluding tert-OH is 1. The van der Waals surface area contributed by atoms with Crippen LogP contribution in [0.5, 0.6) is 0 Å². The zero-order chi connectivity index (χ0) is 33.2. The maximum atomic E-state index is 12.3. The van der Waals surface area contributed by atoms with Gasteiger partial charge in [-0.05, 0) is 57.5 Å². The van der Waals surface area contributed by atoms with Gasteiger partial charge in [-0.3, -0.25) is 9.59 Å². The number of hydrogen-bond acceptors (Lipinski definition) is 6. The first-order chi connectivity index (χ1) is 22.0. The summed E-state index contributed by atoms with van der Waals surface area (Å²) in [5, 5.41) is 9.48. The lowest BCUT2D eigenvalue weighted by Crippen LogP contribution is -2.29. The van der Waals surface area contributed by atoms with Crippen LogP contribution in [0.3, 0.4) is 0 Å². The number of nitrogens with zero attached hydrogens (tertiary/aromatic N) is 1. The molecule has 0 heterocycles. The minimum Gasteiger partial charge on any atom is -0.466 e. The largest absolute Gasteiger partial charge is 0.466 e. The summed E-state index contributed by atoms with van der Waals surface area (Å²) in [4.78, 5) is 26.6. The quantitative estimate of drug-likeness (QED) is 0.0549. The summed E-state index contributed by atoms with van der Waals surface area (Å²) >= 11 is 0. The van der Waals surface area contributed by atoms with Crippen LogP contribution < -0.4 is 0 Å². The van der Waals surface area contributed by atoms with E-state index in [-0.39, 0.29) is 24.5 Å². The molecule has 0 fully saturated rings. The summed E-state index contributed by atoms with van der Waals surface area (Å²) in [5.41, 5.74) is 0. The molecule has 0 saturated heterocycles. The van der Waals surface area contributed by atoms with Gasteiger partial charge in [0.25, 0.3) is 0 Å². The fraction of sp³-hybridized carbons (Fsp3) is 0.949. The van der Waals surface area contributed by atoms with Crippen molar-refractivity contribution in [1.82, 2.24) is 4.90 Å². The van der Waals surface area contributed by atoms with Crippen LogP contribution in [0.15, 0.2) is 0 Å². The summed E-state index contributed by atoms with van der Waals surface area (Å²) in [5.74, 6) is 0.809. The van der Waals surface area contributed by atoms with Crippen LogP contribution in [0, 0.1) is 11.8 Å². The van der Waals surface area contributed by atoms with Gasteiger partial charge in [0, 0.05) is 13.0 Å².